The van der Waals surface area contributed by atoms with Gasteiger partial charge in [-0.3, -0.25) is 4.79 Å². The number of sulfonamides is 1. The fourth-order valence-electron chi connectivity index (χ4n) is 2.59. The van der Waals surface area contributed by atoms with Crippen molar-refractivity contribution in [2.75, 3.05) is 6.61 Å². The maximum absolute atomic E-state index is 12.2. The van der Waals surface area contributed by atoms with Crippen LogP contribution in [0.4, 0.5) is 0 Å². The molecule has 1 aromatic rings. The molecular formula is C15H22N2O4S. The van der Waals surface area contributed by atoms with Crippen LogP contribution in [0.2, 0.25) is 0 Å². The number of nitrogens with two attached hydrogens (primary N) is 1. The van der Waals surface area contributed by atoms with Crippen LogP contribution in [-0.2, 0) is 26.1 Å². The van der Waals surface area contributed by atoms with E-state index in [1.807, 2.05) is 13.8 Å². The van der Waals surface area contributed by atoms with Gasteiger partial charge in [0, 0.05) is 19.1 Å². The quantitative estimate of drug-likeness (QED) is 0.867. The first kappa shape index (κ1) is 16.9. The van der Waals surface area contributed by atoms with Gasteiger partial charge in [0.25, 0.3) is 0 Å². The van der Waals surface area contributed by atoms with E-state index in [9.17, 15) is 13.2 Å². The fourth-order valence-corrected chi connectivity index (χ4v) is 3.10. The van der Waals surface area contributed by atoms with Gasteiger partial charge >= 0.3 is 0 Å². The van der Waals surface area contributed by atoms with Crippen LogP contribution in [0.5, 0.6) is 0 Å². The highest BCUT2D eigenvalue weighted by molar-refractivity contribution is 7.89. The Hall–Kier alpha value is -1.44. The zero-order chi connectivity index (χ0) is 16.4. The third kappa shape index (κ3) is 4.53. The number of hydrogen-bond acceptors (Lipinski definition) is 4. The molecule has 0 saturated carbocycles. The van der Waals surface area contributed by atoms with E-state index in [1.54, 1.807) is 12.1 Å². The number of carbonyl (C=O) groups is 1. The van der Waals surface area contributed by atoms with Crippen molar-refractivity contribution < 1.29 is 17.9 Å². The molecule has 1 saturated heterocycles. The van der Waals surface area contributed by atoms with E-state index in [4.69, 9.17) is 9.88 Å². The maximum Gasteiger partial charge on any atom is 0.238 e. The highest BCUT2D eigenvalue weighted by atomic mass is 32.2. The van der Waals surface area contributed by atoms with E-state index in [2.05, 4.69) is 5.32 Å². The minimum absolute atomic E-state index is 0.00639. The van der Waals surface area contributed by atoms with Gasteiger partial charge < -0.3 is 10.1 Å². The molecule has 1 amide bonds. The molecule has 6 nitrogen and oxygen atoms in total. The Morgan fingerprint density at radius 2 is 2.00 bits per heavy atom. The van der Waals surface area contributed by atoms with Crippen molar-refractivity contribution in [1.29, 1.82) is 0 Å². The Labute approximate surface area is 131 Å². The molecule has 1 atom stereocenters. The predicted octanol–water partition coefficient (Wildman–Crippen LogP) is 1.16. The average molecular weight is 326 g/mol. The summed E-state index contributed by atoms with van der Waals surface area (Å²) in [4.78, 5) is 12.3. The summed E-state index contributed by atoms with van der Waals surface area (Å²) in [5, 5.41) is 7.93. The Morgan fingerprint density at radius 3 is 2.55 bits per heavy atom. The summed E-state index contributed by atoms with van der Waals surface area (Å²) < 4.78 is 28.0. The summed E-state index contributed by atoms with van der Waals surface area (Å²) in [6.45, 7) is 4.92. The zero-order valence-corrected chi connectivity index (χ0v) is 13.7. The van der Waals surface area contributed by atoms with Crippen LogP contribution in [0, 0.1) is 5.92 Å². The number of carbonyl (C=O) groups excluding carboxylic acids is 1. The first-order chi connectivity index (χ1) is 10.2. The molecule has 22 heavy (non-hydrogen) atoms. The SMILES string of the molecule is CC1(C)C[C@H](C(=O)NCc2ccc(S(N)(=O)=O)cc2)CCO1. The highest BCUT2D eigenvalue weighted by Crippen LogP contribution is 2.28. The Balaban J connectivity index is 1.91. The number of hydrogen-bond donors (Lipinski definition) is 2. The van der Waals surface area contributed by atoms with Crippen LogP contribution in [0.15, 0.2) is 29.2 Å². The van der Waals surface area contributed by atoms with Crippen LogP contribution in [0.3, 0.4) is 0 Å². The lowest BCUT2D eigenvalue weighted by molar-refractivity contribution is -0.135. The van der Waals surface area contributed by atoms with Gasteiger partial charge in [-0.05, 0) is 44.4 Å². The molecule has 0 aromatic heterocycles. The standard InChI is InChI=1S/C15H22N2O4S/c1-15(2)9-12(7-8-21-15)14(18)17-10-11-3-5-13(6-4-11)22(16,19)20/h3-6,12H,7-10H2,1-2H3,(H,17,18)(H2,16,19,20)/t12-/m1/s1. The third-order valence-electron chi connectivity index (χ3n) is 3.79. The van der Waals surface area contributed by atoms with E-state index in [1.165, 1.54) is 12.1 Å². The van der Waals surface area contributed by atoms with Crippen LogP contribution in [-0.4, -0.2) is 26.5 Å². The van der Waals surface area contributed by atoms with Gasteiger partial charge in [-0.1, -0.05) is 12.1 Å². The second-order valence-corrected chi connectivity index (χ2v) is 7.77. The summed E-state index contributed by atoms with van der Waals surface area (Å²) in [5.41, 5.74) is 0.560. The molecule has 0 spiro atoms. The van der Waals surface area contributed by atoms with Gasteiger partial charge in [0.15, 0.2) is 0 Å². The van der Waals surface area contributed by atoms with Crippen molar-refractivity contribution in [3.8, 4) is 0 Å². The molecule has 0 unspecified atom stereocenters. The van der Waals surface area contributed by atoms with Crippen molar-refractivity contribution in [2.45, 2.75) is 43.7 Å². The normalized spacial score (nSPS) is 21.3. The fraction of sp³-hybridized carbons (Fsp3) is 0.533. The smallest absolute Gasteiger partial charge is 0.238 e. The second kappa shape index (κ2) is 6.36. The van der Waals surface area contributed by atoms with Crippen LogP contribution < -0.4 is 10.5 Å². The number of nitrogens with one attached hydrogen (secondary N) is 1. The van der Waals surface area contributed by atoms with E-state index < -0.39 is 10.0 Å². The molecule has 1 aliphatic rings. The molecule has 0 bridgehead atoms. The molecule has 1 aromatic carbocycles. The van der Waals surface area contributed by atoms with Gasteiger partial charge in [0.1, 0.15) is 0 Å². The number of rotatable bonds is 4. The summed E-state index contributed by atoms with van der Waals surface area (Å²) in [6.07, 6.45) is 1.42. The Kier molecular flexibility index (Phi) is 4.89. The lowest BCUT2D eigenvalue weighted by atomic mass is 9.88. The third-order valence-corrected chi connectivity index (χ3v) is 4.72. The van der Waals surface area contributed by atoms with Crippen molar-refractivity contribution in [3.05, 3.63) is 29.8 Å². The lowest BCUT2D eigenvalue weighted by Gasteiger charge is -2.34. The molecular weight excluding hydrogens is 304 g/mol. The molecule has 7 heteroatoms. The topological polar surface area (TPSA) is 98.5 Å². The maximum atomic E-state index is 12.2. The first-order valence-corrected chi connectivity index (χ1v) is 8.75. The van der Waals surface area contributed by atoms with E-state index in [-0.39, 0.29) is 22.3 Å². The van der Waals surface area contributed by atoms with E-state index in [0.29, 0.717) is 19.6 Å². The van der Waals surface area contributed by atoms with Crippen molar-refractivity contribution in [2.24, 2.45) is 11.1 Å². The summed E-state index contributed by atoms with van der Waals surface area (Å²) in [5.74, 6) is -0.0423. The summed E-state index contributed by atoms with van der Waals surface area (Å²) in [7, 11) is -3.68. The number of benzene rings is 1. The largest absolute Gasteiger partial charge is 0.376 e. The van der Waals surface area contributed by atoms with E-state index in [0.717, 1.165) is 12.0 Å². The van der Waals surface area contributed by atoms with Crippen molar-refractivity contribution in [3.63, 3.8) is 0 Å². The molecule has 1 fully saturated rings. The number of amides is 1. The van der Waals surface area contributed by atoms with Gasteiger partial charge in [-0.2, -0.15) is 0 Å². The Bertz CT molecular complexity index is 638. The van der Waals surface area contributed by atoms with E-state index >= 15 is 0 Å². The van der Waals surface area contributed by atoms with Gasteiger partial charge in [0.05, 0.1) is 10.5 Å². The molecule has 2 rings (SSSR count). The molecule has 1 heterocycles. The first-order valence-electron chi connectivity index (χ1n) is 7.21. The lowest BCUT2D eigenvalue weighted by Crippen LogP contribution is -2.41. The van der Waals surface area contributed by atoms with Crippen LogP contribution in [0.1, 0.15) is 32.3 Å². The monoisotopic (exact) mass is 326 g/mol. The van der Waals surface area contributed by atoms with Gasteiger partial charge in [-0.15, -0.1) is 0 Å². The Morgan fingerprint density at radius 1 is 1.36 bits per heavy atom. The molecule has 3 N–H and O–H groups in total. The minimum atomic E-state index is -3.68. The van der Waals surface area contributed by atoms with Crippen LogP contribution >= 0.6 is 0 Å². The van der Waals surface area contributed by atoms with Crippen LogP contribution in [0.25, 0.3) is 0 Å². The van der Waals surface area contributed by atoms with Crippen molar-refractivity contribution >= 4 is 15.9 Å². The molecule has 122 valence electrons. The highest BCUT2D eigenvalue weighted by Gasteiger charge is 2.32. The number of primary sulfonamides is 1. The predicted molar refractivity (Wildman–Crippen MR) is 82.4 cm³/mol. The number of ether oxygens (including phenoxy) is 1. The average Bonchev–Trinajstić information content (AvgIpc) is 2.43. The second-order valence-electron chi connectivity index (χ2n) is 6.20. The molecule has 0 radical (unpaired) electrons. The summed E-state index contributed by atoms with van der Waals surface area (Å²) in [6, 6.07) is 6.17. The van der Waals surface area contributed by atoms with Gasteiger partial charge in [-0.25, -0.2) is 13.6 Å². The summed E-state index contributed by atoms with van der Waals surface area (Å²) >= 11 is 0. The minimum Gasteiger partial charge on any atom is -0.376 e. The molecule has 1 aliphatic heterocycles. The zero-order valence-electron chi connectivity index (χ0n) is 12.8. The van der Waals surface area contributed by atoms with Gasteiger partial charge in [0.2, 0.25) is 15.9 Å². The van der Waals surface area contributed by atoms with Crippen molar-refractivity contribution in [1.82, 2.24) is 5.32 Å². The molecule has 0 aliphatic carbocycles.